The quantitative estimate of drug-likeness (QED) is 0.777. The average Bonchev–Trinajstić information content (AvgIpc) is 2.80. The predicted molar refractivity (Wildman–Crippen MR) is 64.5 cm³/mol. The summed E-state index contributed by atoms with van der Waals surface area (Å²) in [5, 5.41) is 0.421. The number of hydrogen-bond acceptors (Lipinski definition) is 3. The zero-order valence-corrected chi connectivity index (χ0v) is 10.0. The van der Waals surface area contributed by atoms with E-state index in [1.54, 1.807) is 30.5 Å². The molecule has 0 unspecified atom stereocenters. The van der Waals surface area contributed by atoms with Crippen LogP contribution in [0.3, 0.4) is 0 Å². The monoisotopic (exact) mass is 250 g/mol. The molecule has 0 atom stereocenters. The molecule has 0 fully saturated rings. The SMILES string of the molecule is CC(=O)c1ccc(OCc2ccco2)c(Cl)c1. The van der Waals surface area contributed by atoms with Gasteiger partial charge in [-0.25, -0.2) is 0 Å². The van der Waals surface area contributed by atoms with Gasteiger partial charge in [0.15, 0.2) is 5.78 Å². The maximum atomic E-state index is 11.1. The first-order valence-electron chi connectivity index (χ1n) is 5.12. The number of hydrogen-bond donors (Lipinski definition) is 0. The molecular weight excluding hydrogens is 240 g/mol. The lowest BCUT2D eigenvalue weighted by Crippen LogP contribution is -1.96. The van der Waals surface area contributed by atoms with Gasteiger partial charge in [0.05, 0.1) is 11.3 Å². The van der Waals surface area contributed by atoms with Gasteiger partial charge in [-0.05, 0) is 37.3 Å². The summed E-state index contributed by atoms with van der Waals surface area (Å²) in [7, 11) is 0. The van der Waals surface area contributed by atoms with Gasteiger partial charge in [0, 0.05) is 5.56 Å². The van der Waals surface area contributed by atoms with Gasteiger partial charge in [0.1, 0.15) is 18.1 Å². The van der Waals surface area contributed by atoms with Gasteiger partial charge in [-0.3, -0.25) is 4.79 Å². The highest BCUT2D eigenvalue weighted by molar-refractivity contribution is 6.32. The van der Waals surface area contributed by atoms with Gasteiger partial charge < -0.3 is 9.15 Å². The Labute approximate surface area is 104 Å². The minimum atomic E-state index is -0.0236. The van der Waals surface area contributed by atoms with Crippen LogP contribution in [0.2, 0.25) is 5.02 Å². The molecule has 0 saturated heterocycles. The molecule has 3 nitrogen and oxygen atoms in total. The van der Waals surface area contributed by atoms with Crippen molar-refractivity contribution in [1.82, 2.24) is 0 Å². The summed E-state index contributed by atoms with van der Waals surface area (Å²) in [4.78, 5) is 11.1. The highest BCUT2D eigenvalue weighted by Crippen LogP contribution is 2.26. The summed E-state index contributed by atoms with van der Waals surface area (Å²) in [5.41, 5.74) is 0.570. The number of carbonyl (C=O) groups is 1. The van der Waals surface area contributed by atoms with Gasteiger partial charge in [-0.2, -0.15) is 0 Å². The molecule has 2 aromatic rings. The highest BCUT2D eigenvalue weighted by atomic mass is 35.5. The number of halogens is 1. The van der Waals surface area contributed by atoms with Crippen LogP contribution in [0.25, 0.3) is 0 Å². The molecule has 4 heteroatoms. The topological polar surface area (TPSA) is 39.4 Å². The van der Waals surface area contributed by atoms with Crippen LogP contribution in [0.15, 0.2) is 41.0 Å². The third-order valence-corrected chi connectivity index (χ3v) is 2.58. The van der Waals surface area contributed by atoms with Gasteiger partial charge in [0.2, 0.25) is 0 Å². The van der Waals surface area contributed by atoms with E-state index in [2.05, 4.69) is 0 Å². The third-order valence-electron chi connectivity index (χ3n) is 2.29. The highest BCUT2D eigenvalue weighted by Gasteiger charge is 2.06. The molecule has 0 aliphatic carbocycles. The van der Waals surface area contributed by atoms with Gasteiger partial charge in [-0.15, -0.1) is 0 Å². The first-order chi connectivity index (χ1) is 8.16. The molecule has 0 amide bonds. The zero-order chi connectivity index (χ0) is 12.3. The lowest BCUT2D eigenvalue weighted by Gasteiger charge is -2.07. The molecule has 1 heterocycles. The molecule has 0 N–H and O–H groups in total. The van der Waals surface area contributed by atoms with E-state index in [0.717, 1.165) is 5.76 Å². The van der Waals surface area contributed by atoms with Crippen LogP contribution in [-0.2, 0) is 6.61 Å². The Bertz CT molecular complexity index is 517. The van der Waals surface area contributed by atoms with E-state index in [1.807, 2.05) is 6.07 Å². The molecule has 0 spiro atoms. The van der Waals surface area contributed by atoms with Crippen LogP contribution in [0.5, 0.6) is 5.75 Å². The van der Waals surface area contributed by atoms with Crippen molar-refractivity contribution in [3.8, 4) is 5.75 Å². The van der Waals surface area contributed by atoms with E-state index in [-0.39, 0.29) is 5.78 Å². The second-order valence-electron chi connectivity index (χ2n) is 3.57. The normalized spacial score (nSPS) is 10.2. The second kappa shape index (κ2) is 5.06. The van der Waals surface area contributed by atoms with Crippen LogP contribution in [-0.4, -0.2) is 5.78 Å². The van der Waals surface area contributed by atoms with Crippen molar-refractivity contribution in [2.45, 2.75) is 13.5 Å². The molecule has 1 aromatic carbocycles. The van der Waals surface area contributed by atoms with E-state index >= 15 is 0 Å². The number of ketones is 1. The van der Waals surface area contributed by atoms with Crippen molar-refractivity contribution in [1.29, 1.82) is 0 Å². The first kappa shape index (κ1) is 11.7. The number of carbonyl (C=O) groups excluding carboxylic acids is 1. The molecule has 0 bridgehead atoms. The Kier molecular flexibility index (Phi) is 3.49. The van der Waals surface area contributed by atoms with Crippen molar-refractivity contribution in [3.63, 3.8) is 0 Å². The summed E-state index contributed by atoms with van der Waals surface area (Å²) in [6.07, 6.45) is 1.58. The third kappa shape index (κ3) is 2.88. The molecule has 0 aliphatic heterocycles. The lowest BCUT2D eigenvalue weighted by molar-refractivity contribution is 0.101. The Hall–Kier alpha value is -1.74. The first-order valence-corrected chi connectivity index (χ1v) is 5.50. The van der Waals surface area contributed by atoms with Crippen molar-refractivity contribution < 1.29 is 13.9 Å². The minimum Gasteiger partial charge on any atom is -0.484 e. The van der Waals surface area contributed by atoms with Crippen molar-refractivity contribution in [2.75, 3.05) is 0 Å². The van der Waals surface area contributed by atoms with E-state index < -0.39 is 0 Å². The van der Waals surface area contributed by atoms with Crippen LogP contribution in [0, 0.1) is 0 Å². The fourth-order valence-electron chi connectivity index (χ4n) is 1.38. The van der Waals surface area contributed by atoms with Crippen molar-refractivity contribution in [2.24, 2.45) is 0 Å². The van der Waals surface area contributed by atoms with Gasteiger partial charge >= 0.3 is 0 Å². The Morgan fingerprint density at radius 3 is 2.82 bits per heavy atom. The fourth-order valence-corrected chi connectivity index (χ4v) is 1.62. The molecule has 2 rings (SSSR count). The molecule has 0 aliphatic rings. The Morgan fingerprint density at radius 2 is 2.24 bits per heavy atom. The molecular formula is C13H11ClO3. The summed E-state index contributed by atoms with van der Waals surface area (Å²) in [6.45, 7) is 1.81. The molecule has 88 valence electrons. The fraction of sp³-hybridized carbons (Fsp3) is 0.154. The molecule has 0 radical (unpaired) electrons. The lowest BCUT2D eigenvalue weighted by atomic mass is 10.1. The second-order valence-corrected chi connectivity index (χ2v) is 3.98. The number of rotatable bonds is 4. The number of furan rings is 1. The predicted octanol–water partition coefficient (Wildman–Crippen LogP) is 3.71. The number of benzene rings is 1. The number of Topliss-reactive ketones (excluding diaryl/α,β-unsaturated/α-hetero) is 1. The summed E-state index contributed by atoms with van der Waals surface area (Å²) < 4.78 is 10.6. The molecule has 0 saturated carbocycles. The average molecular weight is 251 g/mol. The maximum absolute atomic E-state index is 11.1. The van der Waals surface area contributed by atoms with Crippen LogP contribution < -0.4 is 4.74 Å². The Morgan fingerprint density at radius 1 is 1.41 bits per heavy atom. The van der Waals surface area contributed by atoms with E-state index in [4.69, 9.17) is 20.8 Å². The number of ether oxygens (including phenoxy) is 1. The largest absolute Gasteiger partial charge is 0.484 e. The maximum Gasteiger partial charge on any atom is 0.159 e. The zero-order valence-electron chi connectivity index (χ0n) is 9.27. The summed E-state index contributed by atoms with van der Waals surface area (Å²) in [5.74, 6) is 1.23. The van der Waals surface area contributed by atoms with Gasteiger partial charge in [-0.1, -0.05) is 11.6 Å². The summed E-state index contributed by atoms with van der Waals surface area (Å²) >= 11 is 6.01. The van der Waals surface area contributed by atoms with Crippen molar-refractivity contribution >= 4 is 17.4 Å². The van der Waals surface area contributed by atoms with E-state index in [1.165, 1.54) is 6.92 Å². The smallest absolute Gasteiger partial charge is 0.159 e. The van der Waals surface area contributed by atoms with Gasteiger partial charge in [0.25, 0.3) is 0 Å². The minimum absolute atomic E-state index is 0.0236. The van der Waals surface area contributed by atoms with E-state index in [0.29, 0.717) is 22.9 Å². The molecule has 1 aromatic heterocycles. The van der Waals surface area contributed by atoms with Crippen LogP contribution >= 0.6 is 11.6 Å². The van der Waals surface area contributed by atoms with Crippen molar-refractivity contribution in [3.05, 3.63) is 52.9 Å². The molecule has 17 heavy (non-hydrogen) atoms. The van der Waals surface area contributed by atoms with Crippen LogP contribution in [0.4, 0.5) is 0 Å². The standard InChI is InChI=1S/C13H11ClO3/c1-9(15)10-4-5-13(12(14)7-10)17-8-11-3-2-6-16-11/h2-7H,8H2,1H3. The van der Waals surface area contributed by atoms with E-state index in [9.17, 15) is 4.79 Å². The van der Waals surface area contributed by atoms with Crippen LogP contribution in [0.1, 0.15) is 23.0 Å². The Balaban J connectivity index is 2.09. The summed E-state index contributed by atoms with van der Waals surface area (Å²) in [6, 6.07) is 8.58.